The number of rotatable bonds is 7. The van der Waals surface area contributed by atoms with Gasteiger partial charge in [-0.1, -0.05) is 11.6 Å². The van der Waals surface area contributed by atoms with E-state index in [4.69, 9.17) is 20.8 Å². The molecular formula is C15H14ClF2NO3. The fraction of sp³-hybridized carbons (Fsp3) is 0.267. The first-order valence-electron chi connectivity index (χ1n) is 6.61. The van der Waals surface area contributed by atoms with Crippen molar-refractivity contribution in [1.82, 2.24) is 5.32 Å². The molecule has 0 saturated heterocycles. The average Bonchev–Trinajstić information content (AvgIpc) is 2.99. The number of carbonyl (C=O) groups excluding carboxylic acids is 1. The maximum atomic E-state index is 13.1. The number of nitrogens with one attached hydrogen (secondary N) is 1. The van der Waals surface area contributed by atoms with Gasteiger partial charge in [-0.2, -0.15) is 0 Å². The van der Waals surface area contributed by atoms with Crippen LogP contribution in [0.4, 0.5) is 8.78 Å². The van der Waals surface area contributed by atoms with Crippen LogP contribution in [0.25, 0.3) is 0 Å². The quantitative estimate of drug-likeness (QED) is 0.624. The zero-order valence-electron chi connectivity index (χ0n) is 11.6. The van der Waals surface area contributed by atoms with Crippen molar-refractivity contribution in [3.05, 3.63) is 58.5 Å². The first-order valence-corrected chi connectivity index (χ1v) is 6.98. The smallest absolute Gasteiger partial charge is 0.252 e. The van der Waals surface area contributed by atoms with Crippen molar-refractivity contribution in [1.29, 1.82) is 0 Å². The molecule has 0 aliphatic heterocycles. The minimum Gasteiger partial charge on any atom is -0.467 e. The van der Waals surface area contributed by atoms with E-state index in [1.165, 1.54) is 0 Å². The molecule has 118 valence electrons. The highest BCUT2D eigenvalue weighted by molar-refractivity contribution is 6.33. The molecule has 1 aromatic carbocycles. The van der Waals surface area contributed by atoms with Gasteiger partial charge in [0.2, 0.25) is 0 Å². The van der Waals surface area contributed by atoms with Crippen molar-refractivity contribution >= 4 is 17.5 Å². The molecule has 2 aromatic rings. The zero-order valence-corrected chi connectivity index (χ0v) is 12.3. The number of ether oxygens (including phenoxy) is 1. The fourth-order valence-electron chi connectivity index (χ4n) is 1.74. The van der Waals surface area contributed by atoms with Crippen molar-refractivity contribution in [2.45, 2.75) is 13.0 Å². The molecule has 2 rings (SSSR count). The summed E-state index contributed by atoms with van der Waals surface area (Å²) in [4.78, 5) is 11.8. The monoisotopic (exact) mass is 329 g/mol. The van der Waals surface area contributed by atoms with Crippen LogP contribution in [0, 0.1) is 11.6 Å². The Morgan fingerprint density at radius 1 is 1.32 bits per heavy atom. The van der Waals surface area contributed by atoms with Crippen molar-refractivity contribution in [3.63, 3.8) is 0 Å². The Balaban J connectivity index is 1.70. The predicted molar refractivity (Wildman–Crippen MR) is 76.7 cm³/mol. The number of carbonyl (C=O) groups is 1. The second-order valence-electron chi connectivity index (χ2n) is 4.49. The van der Waals surface area contributed by atoms with E-state index in [0.29, 0.717) is 26.2 Å². The summed E-state index contributed by atoms with van der Waals surface area (Å²) in [6.45, 7) is 1.11. The number of benzene rings is 1. The Labute approximate surface area is 131 Å². The third-order valence-corrected chi connectivity index (χ3v) is 3.14. The van der Waals surface area contributed by atoms with Crippen molar-refractivity contribution in [3.8, 4) is 0 Å². The molecule has 0 aliphatic rings. The highest BCUT2D eigenvalue weighted by Gasteiger charge is 2.14. The van der Waals surface area contributed by atoms with E-state index in [0.717, 1.165) is 17.9 Å². The van der Waals surface area contributed by atoms with Gasteiger partial charge in [-0.05, 0) is 30.7 Å². The molecule has 4 nitrogen and oxygen atoms in total. The molecule has 0 spiro atoms. The first kappa shape index (κ1) is 16.5. The molecule has 1 N–H and O–H groups in total. The topological polar surface area (TPSA) is 51.5 Å². The molecule has 0 aliphatic carbocycles. The van der Waals surface area contributed by atoms with Crippen molar-refractivity contribution in [2.75, 3.05) is 13.2 Å². The van der Waals surface area contributed by atoms with E-state index in [1.54, 1.807) is 18.4 Å². The van der Waals surface area contributed by atoms with Gasteiger partial charge < -0.3 is 14.5 Å². The molecule has 1 amide bonds. The molecule has 0 atom stereocenters. The van der Waals surface area contributed by atoms with E-state index in [2.05, 4.69) is 5.32 Å². The standard InChI is InChI=1S/C15H14ClF2NO3/c16-12-8-14(18)13(17)7-11(12)15(20)19-4-2-5-21-9-10-3-1-6-22-10/h1,3,6-8H,2,4-5,9H2,(H,19,20). The van der Waals surface area contributed by atoms with Crippen LogP contribution in [0.15, 0.2) is 34.9 Å². The lowest BCUT2D eigenvalue weighted by molar-refractivity contribution is 0.0916. The summed E-state index contributed by atoms with van der Waals surface area (Å²) in [6, 6.07) is 5.12. The molecule has 0 bridgehead atoms. The van der Waals surface area contributed by atoms with Gasteiger partial charge in [0, 0.05) is 13.2 Å². The molecule has 7 heteroatoms. The Morgan fingerprint density at radius 2 is 2.09 bits per heavy atom. The Kier molecular flexibility index (Phi) is 5.91. The molecule has 1 aromatic heterocycles. The third kappa shape index (κ3) is 4.54. The Hall–Kier alpha value is -1.92. The molecule has 22 heavy (non-hydrogen) atoms. The number of halogens is 3. The van der Waals surface area contributed by atoms with Gasteiger partial charge in [0.1, 0.15) is 12.4 Å². The molecule has 0 radical (unpaired) electrons. The van der Waals surface area contributed by atoms with Crippen LogP contribution >= 0.6 is 11.6 Å². The Morgan fingerprint density at radius 3 is 2.82 bits per heavy atom. The SMILES string of the molecule is O=C(NCCCOCc1ccco1)c1cc(F)c(F)cc1Cl. The van der Waals surface area contributed by atoms with Gasteiger partial charge in [0.05, 0.1) is 16.8 Å². The lowest BCUT2D eigenvalue weighted by atomic mass is 10.2. The van der Waals surface area contributed by atoms with E-state index >= 15 is 0 Å². The van der Waals surface area contributed by atoms with Gasteiger partial charge in [0.15, 0.2) is 11.6 Å². The maximum Gasteiger partial charge on any atom is 0.252 e. The highest BCUT2D eigenvalue weighted by atomic mass is 35.5. The zero-order chi connectivity index (χ0) is 15.9. The van der Waals surface area contributed by atoms with Gasteiger partial charge >= 0.3 is 0 Å². The van der Waals surface area contributed by atoms with E-state index in [9.17, 15) is 13.6 Å². The van der Waals surface area contributed by atoms with Crippen LogP contribution in [0.5, 0.6) is 0 Å². The Bertz CT molecular complexity index is 632. The minimum atomic E-state index is -1.11. The number of hydrogen-bond donors (Lipinski definition) is 1. The summed E-state index contributed by atoms with van der Waals surface area (Å²) >= 11 is 5.71. The summed E-state index contributed by atoms with van der Waals surface area (Å²) in [6.07, 6.45) is 2.12. The number of furan rings is 1. The van der Waals surface area contributed by atoms with Crippen LogP contribution in [0.1, 0.15) is 22.5 Å². The number of hydrogen-bond acceptors (Lipinski definition) is 3. The second-order valence-corrected chi connectivity index (χ2v) is 4.89. The second kappa shape index (κ2) is 7.91. The average molecular weight is 330 g/mol. The van der Waals surface area contributed by atoms with E-state index in [1.807, 2.05) is 0 Å². The molecule has 0 saturated carbocycles. The largest absolute Gasteiger partial charge is 0.467 e. The minimum absolute atomic E-state index is 0.0999. The fourth-order valence-corrected chi connectivity index (χ4v) is 1.97. The molecular weight excluding hydrogens is 316 g/mol. The third-order valence-electron chi connectivity index (χ3n) is 2.83. The highest BCUT2D eigenvalue weighted by Crippen LogP contribution is 2.19. The summed E-state index contributed by atoms with van der Waals surface area (Å²) < 4.78 is 36.5. The molecule has 0 fully saturated rings. The summed E-state index contributed by atoms with van der Waals surface area (Å²) in [5.41, 5.74) is -0.0999. The van der Waals surface area contributed by atoms with Crippen LogP contribution in [0.2, 0.25) is 5.02 Å². The normalized spacial score (nSPS) is 10.7. The van der Waals surface area contributed by atoms with Gasteiger partial charge in [-0.15, -0.1) is 0 Å². The van der Waals surface area contributed by atoms with Crippen molar-refractivity contribution < 1.29 is 22.7 Å². The van der Waals surface area contributed by atoms with Crippen LogP contribution in [-0.4, -0.2) is 19.1 Å². The predicted octanol–water partition coefficient (Wildman–Crippen LogP) is 3.55. The van der Waals surface area contributed by atoms with Crippen LogP contribution in [-0.2, 0) is 11.3 Å². The van der Waals surface area contributed by atoms with Gasteiger partial charge in [0.25, 0.3) is 5.91 Å². The summed E-state index contributed by atoms with van der Waals surface area (Å²) in [5.74, 6) is -2.04. The molecule has 0 unspecified atom stereocenters. The van der Waals surface area contributed by atoms with E-state index < -0.39 is 17.5 Å². The van der Waals surface area contributed by atoms with Crippen LogP contribution < -0.4 is 5.32 Å². The summed E-state index contributed by atoms with van der Waals surface area (Å²) in [7, 11) is 0. The van der Waals surface area contributed by atoms with Gasteiger partial charge in [-0.3, -0.25) is 4.79 Å². The molecule has 1 heterocycles. The first-order chi connectivity index (χ1) is 10.6. The number of amides is 1. The summed E-state index contributed by atoms with van der Waals surface area (Å²) in [5, 5.41) is 2.43. The van der Waals surface area contributed by atoms with Crippen molar-refractivity contribution in [2.24, 2.45) is 0 Å². The van der Waals surface area contributed by atoms with Crippen LogP contribution in [0.3, 0.4) is 0 Å². The lowest BCUT2D eigenvalue weighted by Gasteiger charge is -2.07. The lowest BCUT2D eigenvalue weighted by Crippen LogP contribution is -2.25. The van der Waals surface area contributed by atoms with Gasteiger partial charge in [-0.25, -0.2) is 8.78 Å². The maximum absolute atomic E-state index is 13.1. The van der Waals surface area contributed by atoms with E-state index in [-0.39, 0.29) is 10.6 Å².